The van der Waals surface area contributed by atoms with Gasteiger partial charge in [0.25, 0.3) is 0 Å². The van der Waals surface area contributed by atoms with Crippen molar-refractivity contribution in [3.8, 4) is 0 Å². The molecule has 0 aromatic heterocycles. The third-order valence-corrected chi connectivity index (χ3v) is 5.55. The van der Waals surface area contributed by atoms with E-state index in [1.54, 1.807) is 5.57 Å². The highest BCUT2D eigenvalue weighted by Crippen LogP contribution is 2.57. The second-order valence-electron chi connectivity index (χ2n) is 6.52. The van der Waals surface area contributed by atoms with Gasteiger partial charge >= 0.3 is 0 Å². The molecule has 0 heterocycles. The lowest BCUT2D eigenvalue weighted by Crippen LogP contribution is -2.45. The monoisotopic (exact) mass is 220 g/mol. The molecule has 0 radical (unpaired) electrons. The summed E-state index contributed by atoms with van der Waals surface area (Å²) in [5.41, 5.74) is 2.15. The minimum Gasteiger partial charge on any atom is -0.0996 e. The minimum absolute atomic E-state index is 0.586. The SMILES string of the molecule is C=C1CCC2C(C)CCCC2(C)C1CCC. The molecular weight excluding hydrogens is 192 g/mol. The molecule has 0 aromatic rings. The van der Waals surface area contributed by atoms with E-state index in [2.05, 4.69) is 27.4 Å². The van der Waals surface area contributed by atoms with Crippen molar-refractivity contribution in [1.29, 1.82) is 0 Å². The summed E-state index contributed by atoms with van der Waals surface area (Å²) in [6.07, 6.45) is 9.77. The lowest BCUT2D eigenvalue weighted by atomic mass is 9.51. The third-order valence-electron chi connectivity index (χ3n) is 5.55. The van der Waals surface area contributed by atoms with Gasteiger partial charge in [-0.05, 0) is 48.9 Å². The van der Waals surface area contributed by atoms with Gasteiger partial charge in [0.05, 0.1) is 0 Å². The van der Waals surface area contributed by atoms with E-state index in [1.807, 2.05) is 0 Å². The summed E-state index contributed by atoms with van der Waals surface area (Å²) in [6.45, 7) is 11.8. The van der Waals surface area contributed by atoms with Crippen molar-refractivity contribution < 1.29 is 0 Å². The van der Waals surface area contributed by atoms with E-state index in [0.29, 0.717) is 5.41 Å². The summed E-state index contributed by atoms with van der Waals surface area (Å²) in [6, 6.07) is 0. The number of fused-ring (bicyclic) bond motifs is 1. The van der Waals surface area contributed by atoms with Gasteiger partial charge in [-0.1, -0.05) is 52.2 Å². The van der Waals surface area contributed by atoms with E-state index in [9.17, 15) is 0 Å². The smallest absolute Gasteiger partial charge is 0.0149 e. The standard InChI is InChI=1S/C16H28/c1-5-7-14-13(3)9-10-15-12(2)8-6-11-16(14,15)4/h12,14-15H,3,5-11H2,1-2,4H3. The number of allylic oxidation sites excluding steroid dienone is 1. The van der Waals surface area contributed by atoms with Crippen LogP contribution in [-0.2, 0) is 0 Å². The Morgan fingerprint density at radius 1 is 1.38 bits per heavy atom. The molecule has 2 rings (SSSR count). The zero-order valence-electron chi connectivity index (χ0n) is 11.4. The lowest BCUT2D eigenvalue weighted by Gasteiger charge is -2.54. The fourth-order valence-corrected chi connectivity index (χ4v) is 4.69. The number of hydrogen-bond acceptors (Lipinski definition) is 0. The highest BCUT2D eigenvalue weighted by Gasteiger charge is 2.48. The van der Waals surface area contributed by atoms with Crippen molar-refractivity contribution in [2.45, 2.75) is 65.7 Å². The van der Waals surface area contributed by atoms with Crippen LogP contribution in [0.5, 0.6) is 0 Å². The molecule has 0 aromatic carbocycles. The molecule has 0 spiro atoms. The molecule has 0 bridgehead atoms. The number of hydrogen-bond donors (Lipinski definition) is 0. The first kappa shape index (κ1) is 12.2. The second-order valence-corrected chi connectivity index (χ2v) is 6.52. The van der Waals surface area contributed by atoms with Crippen LogP contribution in [0.25, 0.3) is 0 Å². The Morgan fingerprint density at radius 3 is 2.81 bits per heavy atom. The van der Waals surface area contributed by atoms with Gasteiger partial charge in [0.15, 0.2) is 0 Å². The molecule has 2 aliphatic rings. The van der Waals surface area contributed by atoms with Crippen molar-refractivity contribution in [1.82, 2.24) is 0 Å². The Hall–Kier alpha value is -0.260. The first-order valence-electron chi connectivity index (χ1n) is 7.27. The van der Waals surface area contributed by atoms with E-state index < -0.39 is 0 Å². The Labute approximate surface area is 102 Å². The zero-order valence-corrected chi connectivity index (χ0v) is 11.4. The topological polar surface area (TPSA) is 0 Å². The largest absolute Gasteiger partial charge is 0.0996 e. The molecule has 92 valence electrons. The quantitative estimate of drug-likeness (QED) is 0.561. The predicted octanol–water partition coefficient (Wildman–Crippen LogP) is 5.20. The van der Waals surface area contributed by atoms with Crippen molar-refractivity contribution in [2.24, 2.45) is 23.2 Å². The van der Waals surface area contributed by atoms with Gasteiger partial charge in [-0.15, -0.1) is 0 Å². The lowest BCUT2D eigenvalue weighted by molar-refractivity contribution is -0.00667. The van der Waals surface area contributed by atoms with Crippen LogP contribution in [0.1, 0.15) is 65.7 Å². The van der Waals surface area contributed by atoms with Gasteiger partial charge in [-0.25, -0.2) is 0 Å². The third kappa shape index (κ3) is 1.85. The second kappa shape index (κ2) is 4.55. The average Bonchev–Trinajstić information content (AvgIpc) is 2.23. The van der Waals surface area contributed by atoms with Crippen molar-refractivity contribution in [2.75, 3.05) is 0 Å². The Kier molecular flexibility index (Phi) is 3.47. The molecule has 16 heavy (non-hydrogen) atoms. The Balaban J connectivity index is 2.24. The highest BCUT2D eigenvalue weighted by molar-refractivity contribution is 5.14. The van der Waals surface area contributed by atoms with E-state index in [4.69, 9.17) is 0 Å². The fraction of sp³-hybridized carbons (Fsp3) is 0.875. The summed E-state index contributed by atoms with van der Waals surface area (Å²) in [4.78, 5) is 0. The summed E-state index contributed by atoms with van der Waals surface area (Å²) < 4.78 is 0. The van der Waals surface area contributed by atoms with E-state index >= 15 is 0 Å². The van der Waals surface area contributed by atoms with Gasteiger partial charge < -0.3 is 0 Å². The molecule has 0 nitrogen and oxygen atoms in total. The summed E-state index contributed by atoms with van der Waals surface area (Å²) >= 11 is 0. The van der Waals surface area contributed by atoms with Gasteiger partial charge in [-0.3, -0.25) is 0 Å². The molecule has 2 aliphatic carbocycles. The average molecular weight is 220 g/mol. The Morgan fingerprint density at radius 2 is 2.12 bits per heavy atom. The van der Waals surface area contributed by atoms with Crippen LogP contribution in [0.3, 0.4) is 0 Å². The van der Waals surface area contributed by atoms with Crippen molar-refractivity contribution >= 4 is 0 Å². The van der Waals surface area contributed by atoms with Crippen LogP contribution >= 0.6 is 0 Å². The maximum absolute atomic E-state index is 4.38. The van der Waals surface area contributed by atoms with Crippen LogP contribution in [0.4, 0.5) is 0 Å². The number of rotatable bonds is 2. The van der Waals surface area contributed by atoms with E-state index in [0.717, 1.165) is 17.8 Å². The maximum atomic E-state index is 4.38. The summed E-state index contributed by atoms with van der Waals surface area (Å²) in [5, 5.41) is 0. The zero-order chi connectivity index (χ0) is 11.8. The summed E-state index contributed by atoms with van der Waals surface area (Å²) in [7, 11) is 0. The molecule has 0 aliphatic heterocycles. The van der Waals surface area contributed by atoms with Crippen LogP contribution in [0.15, 0.2) is 12.2 Å². The summed E-state index contributed by atoms with van der Waals surface area (Å²) in [5.74, 6) is 2.74. The molecule has 2 fully saturated rings. The van der Waals surface area contributed by atoms with Crippen molar-refractivity contribution in [3.63, 3.8) is 0 Å². The van der Waals surface area contributed by atoms with Crippen LogP contribution in [0, 0.1) is 23.2 Å². The van der Waals surface area contributed by atoms with E-state index in [1.165, 1.54) is 44.9 Å². The highest BCUT2D eigenvalue weighted by atomic mass is 14.5. The van der Waals surface area contributed by atoms with Crippen LogP contribution in [-0.4, -0.2) is 0 Å². The first-order chi connectivity index (χ1) is 7.59. The van der Waals surface area contributed by atoms with E-state index in [-0.39, 0.29) is 0 Å². The molecule has 0 amide bonds. The van der Waals surface area contributed by atoms with Gasteiger partial charge in [0.2, 0.25) is 0 Å². The molecule has 0 saturated heterocycles. The van der Waals surface area contributed by atoms with Crippen LogP contribution < -0.4 is 0 Å². The molecule has 0 heteroatoms. The first-order valence-corrected chi connectivity index (χ1v) is 7.27. The molecule has 2 saturated carbocycles. The molecule has 4 unspecified atom stereocenters. The fourth-order valence-electron chi connectivity index (χ4n) is 4.69. The van der Waals surface area contributed by atoms with Gasteiger partial charge in [0.1, 0.15) is 0 Å². The Bertz CT molecular complexity index is 265. The van der Waals surface area contributed by atoms with Gasteiger partial charge in [-0.2, -0.15) is 0 Å². The maximum Gasteiger partial charge on any atom is -0.0149 e. The molecule has 4 atom stereocenters. The minimum atomic E-state index is 0.586. The molecular formula is C16H28. The van der Waals surface area contributed by atoms with Gasteiger partial charge in [0, 0.05) is 0 Å². The predicted molar refractivity (Wildman–Crippen MR) is 71.4 cm³/mol. The van der Waals surface area contributed by atoms with Crippen molar-refractivity contribution in [3.05, 3.63) is 12.2 Å². The molecule has 0 N–H and O–H groups in total. The van der Waals surface area contributed by atoms with Crippen LogP contribution in [0.2, 0.25) is 0 Å². The normalized spacial score (nSPS) is 44.2.